The van der Waals surface area contributed by atoms with Crippen molar-refractivity contribution in [1.82, 2.24) is 4.90 Å². The zero-order valence-electron chi connectivity index (χ0n) is 12.1. The SMILES string of the molecule is CN(CCc1ccc2c(c1)CCO2)CC(C)(C)C#N. The van der Waals surface area contributed by atoms with Gasteiger partial charge in [0.1, 0.15) is 5.75 Å². The highest BCUT2D eigenvalue weighted by Crippen LogP contribution is 2.26. The molecule has 0 amide bonds. The van der Waals surface area contributed by atoms with Gasteiger partial charge in [-0.2, -0.15) is 5.26 Å². The zero-order valence-corrected chi connectivity index (χ0v) is 12.1. The third-order valence-electron chi connectivity index (χ3n) is 3.50. The first-order valence-electron chi connectivity index (χ1n) is 6.84. The van der Waals surface area contributed by atoms with E-state index >= 15 is 0 Å². The number of ether oxygens (including phenoxy) is 1. The molecule has 1 aromatic carbocycles. The van der Waals surface area contributed by atoms with Crippen molar-refractivity contribution in [3.63, 3.8) is 0 Å². The van der Waals surface area contributed by atoms with Gasteiger partial charge < -0.3 is 9.64 Å². The summed E-state index contributed by atoms with van der Waals surface area (Å²) in [6.45, 7) is 6.56. The van der Waals surface area contributed by atoms with Gasteiger partial charge in [0.15, 0.2) is 0 Å². The molecule has 0 atom stereocenters. The van der Waals surface area contributed by atoms with Crippen molar-refractivity contribution >= 4 is 0 Å². The molecular weight excluding hydrogens is 236 g/mol. The topological polar surface area (TPSA) is 36.3 Å². The average molecular weight is 258 g/mol. The van der Waals surface area contributed by atoms with Crippen LogP contribution >= 0.6 is 0 Å². The molecule has 0 saturated heterocycles. The Morgan fingerprint density at radius 3 is 2.95 bits per heavy atom. The van der Waals surface area contributed by atoms with Gasteiger partial charge in [0.2, 0.25) is 0 Å². The average Bonchev–Trinajstić information content (AvgIpc) is 2.83. The molecule has 102 valence electrons. The highest BCUT2D eigenvalue weighted by atomic mass is 16.5. The van der Waals surface area contributed by atoms with E-state index in [0.717, 1.165) is 38.3 Å². The van der Waals surface area contributed by atoms with Crippen molar-refractivity contribution in [3.8, 4) is 11.8 Å². The molecule has 2 rings (SSSR count). The normalized spacial score (nSPS) is 14.1. The van der Waals surface area contributed by atoms with Crippen LogP contribution in [0.2, 0.25) is 0 Å². The van der Waals surface area contributed by atoms with Crippen molar-refractivity contribution in [2.75, 3.05) is 26.7 Å². The first kappa shape index (κ1) is 13.9. The van der Waals surface area contributed by atoms with Crippen molar-refractivity contribution in [3.05, 3.63) is 29.3 Å². The third kappa shape index (κ3) is 3.71. The summed E-state index contributed by atoms with van der Waals surface area (Å²) in [6.07, 6.45) is 2.05. The molecule has 1 aliphatic heterocycles. The Balaban J connectivity index is 1.87. The lowest BCUT2D eigenvalue weighted by molar-refractivity contribution is 0.258. The fourth-order valence-electron chi connectivity index (χ4n) is 2.50. The second-order valence-corrected chi connectivity index (χ2v) is 6.02. The largest absolute Gasteiger partial charge is 0.493 e. The molecular formula is C16H22N2O. The molecule has 1 heterocycles. The summed E-state index contributed by atoms with van der Waals surface area (Å²) in [4.78, 5) is 2.23. The summed E-state index contributed by atoms with van der Waals surface area (Å²) in [5, 5.41) is 9.04. The maximum atomic E-state index is 9.04. The number of nitriles is 1. The van der Waals surface area contributed by atoms with E-state index in [1.807, 2.05) is 13.8 Å². The Morgan fingerprint density at radius 2 is 2.21 bits per heavy atom. The van der Waals surface area contributed by atoms with Crippen LogP contribution in [0.1, 0.15) is 25.0 Å². The van der Waals surface area contributed by atoms with Crippen molar-refractivity contribution < 1.29 is 4.74 Å². The fraction of sp³-hybridized carbons (Fsp3) is 0.562. The van der Waals surface area contributed by atoms with Crippen LogP contribution in [0.25, 0.3) is 0 Å². The van der Waals surface area contributed by atoms with Gasteiger partial charge in [-0.1, -0.05) is 12.1 Å². The number of benzene rings is 1. The van der Waals surface area contributed by atoms with Crippen LogP contribution in [-0.4, -0.2) is 31.6 Å². The smallest absolute Gasteiger partial charge is 0.122 e. The number of hydrogen-bond donors (Lipinski definition) is 0. The lowest BCUT2D eigenvalue weighted by Crippen LogP contribution is -2.31. The zero-order chi connectivity index (χ0) is 13.9. The Kier molecular flexibility index (Phi) is 4.11. The number of hydrogen-bond acceptors (Lipinski definition) is 3. The van der Waals surface area contributed by atoms with Gasteiger partial charge in [-0.05, 0) is 44.5 Å². The minimum Gasteiger partial charge on any atom is -0.493 e. The number of rotatable bonds is 5. The van der Waals surface area contributed by atoms with Crippen LogP contribution < -0.4 is 4.74 Å². The number of likely N-dealkylation sites (N-methyl/N-ethyl adjacent to an activating group) is 1. The summed E-state index contributed by atoms with van der Waals surface area (Å²) >= 11 is 0. The Hall–Kier alpha value is -1.53. The van der Waals surface area contributed by atoms with E-state index in [1.54, 1.807) is 0 Å². The van der Waals surface area contributed by atoms with E-state index in [-0.39, 0.29) is 5.41 Å². The standard InChI is InChI=1S/C16H22N2O/c1-16(2,11-17)12-18(3)8-6-13-4-5-15-14(10-13)7-9-19-15/h4-5,10H,6-9,12H2,1-3H3. The lowest BCUT2D eigenvalue weighted by atomic mass is 9.95. The predicted molar refractivity (Wildman–Crippen MR) is 76.2 cm³/mol. The molecule has 0 bridgehead atoms. The molecule has 1 aliphatic rings. The van der Waals surface area contributed by atoms with Crippen LogP contribution in [0.4, 0.5) is 0 Å². The van der Waals surface area contributed by atoms with Gasteiger partial charge in [-0.15, -0.1) is 0 Å². The third-order valence-corrected chi connectivity index (χ3v) is 3.50. The van der Waals surface area contributed by atoms with Gasteiger partial charge in [0.25, 0.3) is 0 Å². The van der Waals surface area contributed by atoms with Gasteiger partial charge in [0.05, 0.1) is 18.1 Å². The maximum Gasteiger partial charge on any atom is 0.122 e. The van der Waals surface area contributed by atoms with Gasteiger partial charge >= 0.3 is 0 Å². The quantitative estimate of drug-likeness (QED) is 0.814. The highest BCUT2D eigenvalue weighted by Gasteiger charge is 2.19. The van der Waals surface area contributed by atoms with Gasteiger partial charge in [-0.3, -0.25) is 0 Å². The molecule has 0 fully saturated rings. The summed E-state index contributed by atoms with van der Waals surface area (Å²) in [6, 6.07) is 8.83. The minimum atomic E-state index is -0.277. The fourth-order valence-corrected chi connectivity index (χ4v) is 2.50. The summed E-state index contributed by atoms with van der Waals surface area (Å²) < 4.78 is 5.51. The van der Waals surface area contributed by atoms with Crippen molar-refractivity contribution in [1.29, 1.82) is 5.26 Å². The number of nitrogens with zero attached hydrogens (tertiary/aromatic N) is 2. The molecule has 3 heteroatoms. The first-order chi connectivity index (χ1) is 9.00. The van der Waals surface area contributed by atoms with Crippen LogP contribution in [0.15, 0.2) is 18.2 Å². The Labute approximate surface area is 115 Å². The lowest BCUT2D eigenvalue weighted by Gasteiger charge is -2.24. The summed E-state index contributed by atoms with van der Waals surface area (Å²) in [5.74, 6) is 1.04. The molecule has 3 nitrogen and oxygen atoms in total. The molecule has 0 aliphatic carbocycles. The monoisotopic (exact) mass is 258 g/mol. The van der Waals surface area contributed by atoms with E-state index in [2.05, 4.69) is 36.2 Å². The molecule has 0 radical (unpaired) electrons. The second kappa shape index (κ2) is 5.63. The van der Waals surface area contributed by atoms with Gasteiger partial charge in [0, 0.05) is 19.5 Å². The second-order valence-electron chi connectivity index (χ2n) is 6.02. The molecule has 0 aromatic heterocycles. The molecule has 0 N–H and O–H groups in total. The van der Waals surface area contributed by atoms with E-state index in [1.165, 1.54) is 11.1 Å². The highest BCUT2D eigenvalue weighted by molar-refractivity contribution is 5.39. The Bertz CT molecular complexity index is 488. The molecule has 0 saturated carbocycles. The summed E-state index contributed by atoms with van der Waals surface area (Å²) in [5.41, 5.74) is 2.41. The van der Waals surface area contributed by atoms with Crippen LogP contribution in [-0.2, 0) is 12.8 Å². The van der Waals surface area contributed by atoms with Crippen molar-refractivity contribution in [2.45, 2.75) is 26.7 Å². The van der Waals surface area contributed by atoms with E-state index in [9.17, 15) is 0 Å². The van der Waals surface area contributed by atoms with Crippen LogP contribution in [0.3, 0.4) is 0 Å². The van der Waals surface area contributed by atoms with E-state index < -0.39 is 0 Å². The molecule has 0 spiro atoms. The molecule has 19 heavy (non-hydrogen) atoms. The Morgan fingerprint density at radius 1 is 1.42 bits per heavy atom. The van der Waals surface area contributed by atoms with E-state index in [4.69, 9.17) is 10.00 Å². The molecule has 0 unspecified atom stereocenters. The first-order valence-corrected chi connectivity index (χ1v) is 6.84. The van der Waals surface area contributed by atoms with Crippen LogP contribution in [0, 0.1) is 16.7 Å². The predicted octanol–water partition coefficient (Wildman–Crippen LogP) is 2.65. The van der Waals surface area contributed by atoms with Crippen LogP contribution in [0.5, 0.6) is 5.75 Å². The minimum absolute atomic E-state index is 0.277. The van der Waals surface area contributed by atoms with Crippen molar-refractivity contribution in [2.24, 2.45) is 5.41 Å². The number of fused-ring (bicyclic) bond motifs is 1. The molecule has 1 aromatic rings. The maximum absolute atomic E-state index is 9.04. The van der Waals surface area contributed by atoms with Gasteiger partial charge in [-0.25, -0.2) is 0 Å². The van der Waals surface area contributed by atoms with E-state index in [0.29, 0.717) is 0 Å². The summed E-state index contributed by atoms with van der Waals surface area (Å²) in [7, 11) is 2.08.